The molecule has 130 valence electrons. The number of nitrogens with zero attached hydrogens (tertiary/aromatic N) is 3. The maximum absolute atomic E-state index is 12.8. The molecule has 8 nitrogen and oxygen atoms in total. The van der Waals surface area contributed by atoms with Crippen molar-refractivity contribution in [1.82, 2.24) is 9.88 Å². The van der Waals surface area contributed by atoms with Gasteiger partial charge in [-0.3, -0.25) is 24.7 Å². The third-order valence-corrected chi connectivity index (χ3v) is 3.50. The van der Waals surface area contributed by atoms with Crippen LogP contribution < -0.4 is 0 Å². The Balaban J connectivity index is 2.23. The number of amides is 1. The Hall–Kier alpha value is -3.29. The number of carbonyl (C=O) groups excluding carboxylic acids is 2. The molecule has 0 fully saturated rings. The van der Waals surface area contributed by atoms with Crippen molar-refractivity contribution in [2.24, 2.45) is 0 Å². The van der Waals surface area contributed by atoms with Gasteiger partial charge in [-0.2, -0.15) is 0 Å². The molecule has 0 aliphatic heterocycles. The first kappa shape index (κ1) is 18.1. The van der Waals surface area contributed by atoms with Gasteiger partial charge in [0.1, 0.15) is 0 Å². The van der Waals surface area contributed by atoms with Crippen molar-refractivity contribution < 1.29 is 19.2 Å². The van der Waals surface area contributed by atoms with E-state index in [4.69, 9.17) is 0 Å². The lowest BCUT2D eigenvalue weighted by Gasteiger charge is -2.22. The molecule has 0 spiro atoms. The van der Waals surface area contributed by atoms with E-state index in [9.17, 15) is 19.7 Å². The Morgan fingerprint density at radius 3 is 2.72 bits per heavy atom. The summed E-state index contributed by atoms with van der Waals surface area (Å²) in [5, 5.41) is 10.9. The minimum absolute atomic E-state index is 0.0252. The van der Waals surface area contributed by atoms with Gasteiger partial charge in [0.25, 0.3) is 11.6 Å². The van der Waals surface area contributed by atoms with Gasteiger partial charge >= 0.3 is 5.97 Å². The Morgan fingerprint density at radius 1 is 1.28 bits per heavy atom. The lowest BCUT2D eigenvalue weighted by molar-refractivity contribution is -0.384. The van der Waals surface area contributed by atoms with Gasteiger partial charge in [0.15, 0.2) is 0 Å². The zero-order valence-corrected chi connectivity index (χ0v) is 13.6. The number of rotatable bonds is 7. The van der Waals surface area contributed by atoms with Crippen molar-refractivity contribution in [2.75, 3.05) is 13.7 Å². The highest BCUT2D eigenvalue weighted by Crippen LogP contribution is 2.16. The highest BCUT2D eigenvalue weighted by Gasteiger charge is 2.19. The molecule has 1 heterocycles. The molecule has 25 heavy (non-hydrogen) atoms. The van der Waals surface area contributed by atoms with Crippen LogP contribution in [0.25, 0.3) is 0 Å². The number of non-ortho nitro benzene ring substituents is 1. The van der Waals surface area contributed by atoms with Gasteiger partial charge in [-0.1, -0.05) is 12.1 Å². The van der Waals surface area contributed by atoms with Crippen molar-refractivity contribution >= 4 is 17.6 Å². The van der Waals surface area contributed by atoms with E-state index in [1.807, 2.05) is 0 Å². The van der Waals surface area contributed by atoms with Gasteiger partial charge in [0, 0.05) is 43.2 Å². The fourth-order valence-corrected chi connectivity index (χ4v) is 2.23. The summed E-state index contributed by atoms with van der Waals surface area (Å²) in [4.78, 5) is 39.9. The second-order valence-electron chi connectivity index (χ2n) is 5.22. The Kier molecular flexibility index (Phi) is 6.16. The summed E-state index contributed by atoms with van der Waals surface area (Å²) in [5.41, 5.74) is 0.800. The number of hydrogen-bond acceptors (Lipinski definition) is 6. The normalized spacial score (nSPS) is 10.1. The van der Waals surface area contributed by atoms with Gasteiger partial charge < -0.3 is 9.64 Å². The molecule has 2 aromatic rings. The second kappa shape index (κ2) is 8.53. The molecule has 1 aromatic heterocycles. The molecule has 1 aromatic carbocycles. The van der Waals surface area contributed by atoms with Gasteiger partial charge in [0.2, 0.25) is 0 Å². The fraction of sp³-hybridized carbons (Fsp3) is 0.235. The summed E-state index contributed by atoms with van der Waals surface area (Å²) in [5.74, 6) is -0.848. The van der Waals surface area contributed by atoms with E-state index in [2.05, 4.69) is 9.72 Å². The minimum atomic E-state index is -0.559. The summed E-state index contributed by atoms with van der Waals surface area (Å²) in [6.45, 7) is 0.357. The summed E-state index contributed by atoms with van der Waals surface area (Å²) < 4.78 is 4.61. The van der Waals surface area contributed by atoms with Gasteiger partial charge in [-0.25, -0.2) is 0 Å². The molecular formula is C17H17N3O5. The Labute approximate surface area is 144 Å². The first-order valence-electron chi connectivity index (χ1n) is 7.50. The molecule has 0 N–H and O–H groups in total. The van der Waals surface area contributed by atoms with Crippen LogP contribution >= 0.6 is 0 Å². The zero-order chi connectivity index (χ0) is 18.2. The van der Waals surface area contributed by atoms with Crippen LogP contribution in [0.4, 0.5) is 5.69 Å². The standard InChI is InChI=1S/C17H17N3O5/c1-25-16(21)7-9-19(12-13-4-3-8-18-11-13)17(22)14-5-2-6-15(10-14)20(23)24/h2-6,8,10-11H,7,9,12H2,1H3. The number of esters is 1. The van der Waals surface area contributed by atoms with Crippen LogP contribution in [0.2, 0.25) is 0 Å². The summed E-state index contributed by atoms with van der Waals surface area (Å²) in [6, 6.07) is 9.04. The summed E-state index contributed by atoms with van der Waals surface area (Å²) >= 11 is 0. The highest BCUT2D eigenvalue weighted by atomic mass is 16.6. The van der Waals surface area contributed by atoms with E-state index in [0.29, 0.717) is 0 Å². The van der Waals surface area contributed by atoms with Crippen LogP contribution in [0, 0.1) is 10.1 Å². The summed E-state index contributed by atoms with van der Waals surface area (Å²) in [6.07, 6.45) is 3.26. The number of aromatic nitrogens is 1. The number of nitro benzene ring substituents is 1. The molecule has 0 radical (unpaired) electrons. The van der Waals surface area contributed by atoms with Crippen molar-refractivity contribution in [2.45, 2.75) is 13.0 Å². The third-order valence-electron chi connectivity index (χ3n) is 3.50. The van der Waals surface area contributed by atoms with Crippen LogP contribution in [-0.2, 0) is 16.1 Å². The van der Waals surface area contributed by atoms with E-state index < -0.39 is 16.8 Å². The Bertz CT molecular complexity index is 764. The van der Waals surface area contributed by atoms with Crippen LogP contribution in [0.1, 0.15) is 22.3 Å². The largest absolute Gasteiger partial charge is 0.469 e. The number of methoxy groups -OCH3 is 1. The van der Waals surface area contributed by atoms with E-state index >= 15 is 0 Å². The maximum Gasteiger partial charge on any atom is 0.307 e. The predicted octanol–water partition coefficient (Wildman–Crippen LogP) is 2.20. The molecule has 8 heteroatoms. The third kappa shape index (κ3) is 5.10. The fourth-order valence-electron chi connectivity index (χ4n) is 2.23. The zero-order valence-electron chi connectivity index (χ0n) is 13.6. The van der Waals surface area contributed by atoms with Crippen molar-refractivity contribution in [3.05, 3.63) is 70.0 Å². The SMILES string of the molecule is COC(=O)CCN(Cc1cccnc1)C(=O)c1cccc([N+](=O)[O-])c1. The van der Waals surface area contributed by atoms with E-state index in [1.54, 1.807) is 24.5 Å². The number of nitro groups is 1. The average molecular weight is 343 g/mol. The smallest absolute Gasteiger partial charge is 0.307 e. The molecule has 0 aliphatic rings. The highest BCUT2D eigenvalue weighted by molar-refractivity contribution is 5.95. The topological polar surface area (TPSA) is 103 Å². The van der Waals surface area contributed by atoms with E-state index in [1.165, 1.54) is 36.3 Å². The minimum Gasteiger partial charge on any atom is -0.469 e. The van der Waals surface area contributed by atoms with Crippen molar-refractivity contribution in [3.63, 3.8) is 0 Å². The van der Waals surface area contributed by atoms with E-state index in [-0.39, 0.29) is 30.8 Å². The van der Waals surface area contributed by atoms with Crippen LogP contribution in [-0.4, -0.2) is 40.3 Å². The molecule has 0 bridgehead atoms. The average Bonchev–Trinajstić information content (AvgIpc) is 2.65. The summed E-state index contributed by atoms with van der Waals surface area (Å²) in [7, 11) is 1.27. The predicted molar refractivity (Wildman–Crippen MR) is 88.7 cm³/mol. The molecule has 0 aliphatic carbocycles. The quantitative estimate of drug-likeness (QED) is 0.434. The lowest BCUT2D eigenvalue weighted by atomic mass is 10.1. The van der Waals surface area contributed by atoms with Gasteiger partial charge in [0.05, 0.1) is 18.5 Å². The van der Waals surface area contributed by atoms with Crippen LogP contribution in [0.15, 0.2) is 48.8 Å². The van der Waals surface area contributed by atoms with Gasteiger partial charge in [-0.15, -0.1) is 0 Å². The van der Waals surface area contributed by atoms with Crippen molar-refractivity contribution in [3.8, 4) is 0 Å². The molecule has 0 saturated carbocycles. The van der Waals surface area contributed by atoms with Crippen LogP contribution in [0.5, 0.6) is 0 Å². The second-order valence-corrected chi connectivity index (χ2v) is 5.22. The maximum atomic E-state index is 12.8. The van der Waals surface area contributed by atoms with Crippen LogP contribution in [0.3, 0.4) is 0 Å². The first-order chi connectivity index (χ1) is 12.0. The number of pyridine rings is 1. The lowest BCUT2D eigenvalue weighted by Crippen LogP contribution is -2.32. The number of ether oxygens (including phenoxy) is 1. The Morgan fingerprint density at radius 2 is 2.08 bits per heavy atom. The molecule has 1 amide bonds. The monoisotopic (exact) mass is 343 g/mol. The first-order valence-corrected chi connectivity index (χ1v) is 7.50. The molecule has 0 atom stereocenters. The molecule has 0 saturated heterocycles. The number of benzene rings is 1. The molecule has 0 unspecified atom stereocenters. The van der Waals surface area contributed by atoms with E-state index in [0.717, 1.165) is 5.56 Å². The number of carbonyl (C=O) groups is 2. The van der Waals surface area contributed by atoms with Crippen molar-refractivity contribution in [1.29, 1.82) is 0 Å². The molecule has 2 rings (SSSR count). The number of hydrogen-bond donors (Lipinski definition) is 0. The molecular weight excluding hydrogens is 326 g/mol. The van der Waals surface area contributed by atoms with Gasteiger partial charge in [-0.05, 0) is 17.7 Å².